The Kier molecular flexibility index (Phi) is 5.25. The summed E-state index contributed by atoms with van der Waals surface area (Å²) < 4.78 is 42.4. The molecule has 0 aliphatic carbocycles. The third-order valence-corrected chi connectivity index (χ3v) is 3.87. The second-order valence-corrected chi connectivity index (χ2v) is 5.77. The van der Waals surface area contributed by atoms with Crippen LogP contribution in [0.15, 0.2) is 54.2 Å². The van der Waals surface area contributed by atoms with Crippen molar-refractivity contribution in [2.45, 2.75) is 6.36 Å². The number of nitrogens with one attached hydrogen (secondary N) is 1. The van der Waals surface area contributed by atoms with Gasteiger partial charge in [0.25, 0.3) is 0 Å². The van der Waals surface area contributed by atoms with Crippen molar-refractivity contribution in [1.82, 2.24) is 9.78 Å². The number of alkyl halides is 3. The number of anilines is 1. The molecule has 0 fully saturated rings. The smallest absolute Gasteiger partial charge is 0.406 e. The summed E-state index contributed by atoms with van der Waals surface area (Å²) in [6.45, 7) is 3.76. The Balaban J connectivity index is 1.92. The molecule has 0 saturated heterocycles. The topological polar surface area (TPSA) is 60.7 Å². The van der Waals surface area contributed by atoms with E-state index in [4.69, 9.17) is 4.84 Å². The van der Waals surface area contributed by atoms with E-state index < -0.39 is 6.36 Å². The highest BCUT2D eigenvalue weighted by molar-refractivity contribution is 6.14. The fourth-order valence-corrected chi connectivity index (χ4v) is 2.67. The SMILES string of the molecule is C=Cc1ccc2c(/C(=N/OC)Nc3ccc(OC(F)(F)F)cc3)nn(C)c2c1. The maximum atomic E-state index is 12.3. The third-order valence-electron chi connectivity index (χ3n) is 3.87. The van der Waals surface area contributed by atoms with Gasteiger partial charge in [0.15, 0.2) is 5.84 Å². The van der Waals surface area contributed by atoms with Crippen LogP contribution in [0.3, 0.4) is 0 Å². The summed E-state index contributed by atoms with van der Waals surface area (Å²) >= 11 is 0. The van der Waals surface area contributed by atoms with Crippen molar-refractivity contribution in [1.29, 1.82) is 0 Å². The van der Waals surface area contributed by atoms with Crippen molar-refractivity contribution >= 4 is 28.5 Å². The zero-order chi connectivity index (χ0) is 20.3. The van der Waals surface area contributed by atoms with Crippen LogP contribution >= 0.6 is 0 Å². The molecule has 0 aliphatic rings. The Bertz CT molecular complexity index is 1020. The maximum Gasteiger partial charge on any atom is 0.573 e. The minimum Gasteiger partial charge on any atom is -0.406 e. The van der Waals surface area contributed by atoms with Crippen LogP contribution in [0.2, 0.25) is 0 Å². The lowest BCUT2D eigenvalue weighted by atomic mass is 10.1. The molecule has 1 aromatic heterocycles. The summed E-state index contributed by atoms with van der Waals surface area (Å²) in [6, 6.07) is 11.0. The van der Waals surface area contributed by atoms with Gasteiger partial charge in [0.2, 0.25) is 0 Å². The molecular weight excluding hydrogens is 373 g/mol. The van der Waals surface area contributed by atoms with Crippen molar-refractivity contribution in [2.24, 2.45) is 12.2 Å². The number of hydrogen-bond donors (Lipinski definition) is 1. The van der Waals surface area contributed by atoms with Crippen LogP contribution in [0, 0.1) is 0 Å². The molecular formula is C19H17F3N4O2. The molecule has 0 atom stereocenters. The first-order chi connectivity index (χ1) is 13.3. The molecule has 0 bridgehead atoms. The number of rotatable bonds is 5. The Morgan fingerprint density at radius 3 is 2.54 bits per heavy atom. The van der Waals surface area contributed by atoms with E-state index in [1.165, 1.54) is 31.4 Å². The molecule has 0 saturated carbocycles. The summed E-state index contributed by atoms with van der Waals surface area (Å²) in [5.74, 6) is -0.00698. The molecule has 0 spiro atoms. The molecule has 28 heavy (non-hydrogen) atoms. The normalized spacial score (nSPS) is 12.1. The predicted octanol–water partition coefficient (Wildman–Crippen LogP) is 4.54. The Morgan fingerprint density at radius 1 is 1.21 bits per heavy atom. The molecule has 9 heteroatoms. The molecule has 2 aromatic carbocycles. The second-order valence-electron chi connectivity index (χ2n) is 5.77. The summed E-state index contributed by atoms with van der Waals surface area (Å²) in [5.41, 5.74) is 2.84. The number of benzene rings is 2. The van der Waals surface area contributed by atoms with Crippen LogP contribution in [-0.2, 0) is 11.9 Å². The van der Waals surface area contributed by atoms with Crippen molar-refractivity contribution in [3.05, 3.63) is 60.3 Å². The van der Waals surface area contributed by atoms with E-state index in [1.807, 2.05) is 18.2 Å². The number of fused-ring (bicyclic) bond motifs is 1. The van der Waals surface area contributed by atoms with Crippen molar-refractivity contribution in [2.75, 3.05) is 12.4 Å². The average molecular weight is 390 g/mol. The first-order valence-corrected chi connectivity index (χ1v) is 8.14. The number of aromatic nitrogens is 2. The van der Waals surface area contributed by atoms with Crippen molar-refractivity contribution in [3.8, 4) is 5.75 Å². The predicted molar refractivity (Wildman–Crippen MR) is 101 cm³/mol. The van der Waals surface area contributed by atoms with E-state index in [2.05, 4.69) is 26.9 Å². The number of ether oxygens (including phenoxy) is 1. The lowest BCUT2D eigenvalue weighted by molar-refractivity contribution is -0.274. The quantitative estimate of drug-likeness (QED) is 0.395. The molecule has 0 amide bonds. The van der Waals surface area contributed by atoms with Crippen LogP contribution in [0.5, 0.6) is 5.75 Å². The first kappa shape index (κ1) is 19.3. The minimum atomic E-state index is -4.74. The largest absolute Gasteiger partial charge is 0.573 e. The zero-order valence-electron chi connectivity index (χ0n) is 15.1. The van der Waals surface area contributed by atoms with Gasteiger partial charge >= 0.3 is 6.36 Å². The number of hydrogen-bond acceptors (Lipinski definition) is 4. The Hall–Kier alpha value is -3.49. The van der Waals surface area contributed by atoms with Gasteiger partial charge in [0.05, 0.1) is 5.52 Å². The second kappa shape index (κ2) is 7.63. The van der Waals surface area contributed by atoms with Gasteiger partial charge in [-0.25, -0.2) is 0 Å². The average Bonchev–Trinajstić information content (AvgIpc) is 2.98. The first-order valence-electron chi connectivity index (χ1n) is 8.14. The van der Waals surface area contributed by atoms with E-state index in [0.29, 0.717) is 17.2 Å². The number of amidine groups is 1. The van der Waals surface area contributed by atoms with E-state index >= 15 is 0 Å². The van der Waals surface area contributed by atoms with E-state index in [1.54, 1.807) is 17.8 Å². The standard InChI is InChI=1S/C19H17F3N4O2/c1-4-12-5-10-15-16(11-12)26(2)24-17(15)18(25-27-3)23-13-6-8-14(9-7-13)28-19(20,21)22/h4-11H,1H2,2-3H3,(H,23,25). The molecule has 0 radical (unpaired) electrons. The van der Waals surface area contributed by atoms with Crippen LogP contribution in [0.1, 0.15) is 11.3 Å². The summed E-state index contributed by atoms with van der Waals surface area (Å²) in [5, 5.41) is 12.3. The lowest BCUT2D eigenvalue weighted by Crippen LogP contribution is -2.17. The van der Waals surface area contributed by atoms with Crippen LogP contribution in [0.25, 0.3) is 17.0 Å². The van der Waals surface area contributed by atoms with Gasteiger partial charge in [0.1, 0.15) is 18.6 Å². The number of aryl methyl sites for hydroxylation is 1. The van der Waals surface area contributed by atoms with E-state index in [0.717, 1.165) is 16.5 Å². The lowest BCUT2D eigenvalue weighted by Gasteiger charge is -2.11. The number of halogens is 3. The Labute approximate surface area is 158 Å². The molecule has 6 nitrogen and oxygen atoms in total. The number of nitrogens with zero attached hydrogens (tertiary/aromatic N) is 3. The van der Waals surface area contributed by atoms with Crippen molar-refractivity contribution in [3.63, 3.8) is 0 Å². The highest BCUT2D eigenvalue weighted by Crippen LogP contribution is 2.25. The molecule has 3 rings (SSSR count). The minimum absolute atomic E-state index is 0.309. The fraction of sp³-hybridized carbons (Fsp3) is 0.158. The molecule has 1 heterocycles. The number of oxime groups is 1. The molecule has 146 valence electrons. The van der Waals surface area contributed by atoms with Gasteiger partial charge in [-0.2, -0.15) is 5.10 Å². The summed E-state index contributed by atoms with van der Waals surface area (Å²) in [7, 11) is 3.19. The van der Waals surface area contributed by atoms with E-state index in [9.17, 15) is 13.2 Å². The monoisotopic (exact) mass is 390 g/mol. The van der Waals surface area contributed by atoms with Gasteiger partial charge < -0.3 is 14.9 Å². The molecule has 1 N–H and O–H groups in total. The van der Waals surface area contributed by atoms with Gasteiger partial charge in [-0.1, -0.05) is 23.9 Å². The van der Waals surface area contributed by atoms with Gasteiger partial charge in [-0.3, -0.25) is 4.68 Å². The Morgan fingerprint density at radius 2 is 1.93 bits per heavy atom. The van der Waals surface area contributed by atoms with Gasteiger partial charge in [0, 0.05) is 18.1 Å². The molecule has 0 aliphatic heterocycles. The van der Waals surface area contributed by atoms with Gasteiger partial charge in [-0.15, -0.1) is 13.2 Å². The fourth-order valence-electron chi connectivity index (χ4n) is 2.67. The third kappa shape index (κ3) is 4.25. The zero-order valence-corrected chi connectivity index (χ0v) is 15.1. The van der Waals surface area contributed by atoms with Crippen LogP contribution < -0.4 is 10.1 Å². The molecule has 0 unspecified atom stereocenters. The van der Waals surface area contributed by atoms with Crippen molar-refractivity contribution < 1.29 is 22.7 Å². The van der Waals surface area contributed by atoms with Gasteiger partial charge in [-0.05, 0) is 42.0 Å². The maximum absolute atomic E-state index is 12.3. The van der Waals surface area contributed by atoms with Crippen LogP contribution in [0.4, 0.5) is 18.9 Å². The van der Waals surface area contributed by atoms with Crippen LogP contribution in [-0.4, -0.2) is 29.1 Å². The highest BCUT2D eigenvalue weighted by atomic mass is 19.4. The summed E-state index contributed by atoms with van der Waals surface area (Å²) in [4.78, 5) is 4.91. The summed E-state index contributed by atoms with van der Waals surface area (Å²) in [6.07, 6.45) is -3.01. The highest BCUT2D eigenvalue weighted by Gasteiger charge is 2.31. The van der Waals surface area contributed by atoms with E-state index in [-0.39, 0.29) is 5.75 Å². The molecule has 3 aromatic rings.